The molecule has 1 aliphatic carbocycles. The van der Waals surface area contributed by atoms with E-state index < -0.39 is 0 Å². The first-order valence-electron chi connectivity index (χ1n) is 11.2. The monoisotopic (exact) mass is 457 g/mol. The maximum Gasteiger partial charge on any atom is 0.238 e. The molecule has 30 heavy (non-hydrogen) atoms. The van der Waals surface area contributed by atoms with E-state index >= 15 is 0 Å². The van der Waals surface area contributed by atoms with Crippen LogP contribution in [0.2, 0.25) is 0 Å². The Morgan fingerprint density at radius 3 is 2.30 bits per heavy atom. The number of hydrogen-bond acceptors (Lipinski definition) is 4. The van der Waals surface area contributed by atoms with Crippen LogP contribution in [0, 0.1) is 6.92 Å². The van der Waals surface area contributed by atoms with Crippen molar-refractivity contribution in [2.45, 2.75) is 70.4 Å². The summed E-state index contributed by atoms with van der Waals surface area (Å²) in [6.07, 6.45) is 10.4. The number of halogens is 2. The average Bonchev–Trinajstić information content (AvgIpc) is 2.65. The smallest absolute Gasteiger partial charge is 0.238 e. The Morgan fingerprint density at radius 1 is 1.00 bits per heavy atom. The van der Waals surface area contributed by atoms with E-state index in [1.54, 1.807) is 0 Å². The van der Waals surface area contributed by atoms with Crippen LogP contribution in [-0.4, -0.2) is 60.6 Å². The van der Waals surface area contributed by atoms with E-state index in [1.165, 1.54) is 51.6 Å². The number of benzene rings is 1. The molecule has 2 aliphatic heterocycles. The maximum absolute atomic E-state index is 12.4. The maximum atomic E-state index is 12.4. The SMILES string of the molecule is Cc1cc(OC2CCN(C3CCC3)CC2)ccc1NC(=O)CN1CCCCC1.Cl.Cl. The fraction of sp³-hybridized carbons (Fsp3) is 0.696. The highest BCUT2D eigenvalue weighted by Gasteiger charge is 2.29. The number of carbonyl (C=O) groups is 1. The first-order valence-corrected chi connectivity index (χ1v) is 11.2. The quantitative estimate of drug-likeness (QED) is 0.674. The van der Waals surface area contributed by atoms with E-state index in [9.17, 15) is 4.79 Å². The molecule has 3 aliphatic rings. The van der Waals surface area contributed by atoms with Crippen molar-refractivity contribution < 1.29 is 9.53 Å². The molecule has 4 rings (SSSR count). The van der Waals surface area contributed by atoms with Crippen molar-refractivity contribution in [2.24, 2.45) is 0 Å². The molecule has 1 N–H and O–H groups in total. The van der Waals surface area contributed by atoms with Crippen molar-refractivity contribution in [3.05, 3.63) is 23.8 Å². The van der Waals surface area contributed by atoms with Gasteiger partial charge in [0.2, 0.25) is 5.91 Å². The molecule has 0 unspecified atom stereocenters. The number of rotatable bonds is 6. The third-order valence-corrected chi connectivity index (χ3v) is 6.66. The second-order valence-electron chi connectivity index (χ2n) is 8.80. The number of amides is 1. The Bertz CT molecular complexity index is 670. The van der Waals surface area contributed by atoms with Crippen LogP contribution in [0.15, 0.2) is 18.2 Å². The molecule has 0 atom stereocenters. The van der Waals surface area contributed by atoms with Crippen LogP contribution in [0.4, 0.5) is 5.69 Å². The zero-order valence-corrected chi connectivity index (χ0v) is 19.7. The minimum atomic E-state index is 0. The number of nitrogens with one attached hydrogen (secondary N) is 1. The highest BCUT2D eigenvalue weighted by molar-refractivity contribution is 5.93. The van der Waals surface area contributed by atoms with Crippen molar-refractivity contribution in [1.82, 2.24) is 9.80 Å². The molecule has 0 bridgehead atoms. The lowest BCUT2D eigenvalue weighted by molar-refractivity contribution is -0.117. The molecule has 0 radical (unpaired) electrons. The third kappa shape index (κ3) is 6.74. The first kappa shape index (κ1) is 25.3. The Hall–Kier alpha value is -1.01. The minimum absolute atomic E-state index is 0. The first-order chi connectivity index (χ1) is 13.7. The number of likely N-dealkylation sites (tertiary alicyclic amines) is 2. The Kier molecular flexibility index (Phi) is 10.2. The van der Waals surface area contributed by atoms with E-state index in [0.717, 1.165) is 49.0 Å². The van der Waals surface area contributed by atoms with Gasteiger partial charge in [0.15, 0.2) is 0 Å². The van der Waals surface area contributed by atoms with E-state index in [4.69, 9.17) is 4.74 Å². The average molecular weight is 458 g/mol. The molecule has 3 fully saturated rings. The molecular formula is C23H37Cl2N3O2. The number of hydrogen-bond donors (Lipinski definition) is 1. The fourth-order valence-electron chi connectivity index (χ4n) is 4.66. The summed E-state index contributed by atoms with van der Waals surface area (Å²) in [6.45, 7) is 6.95. The lowest BCUT2D eigenvalue weighted by Crippen LogP contribution is -2.46. The second kappa shape index (κ2) is 12.1. The van der Waals surface area contributed by atoms with Gasteiger partial charge in [-0.2, -0.15) is 0 Å². The summed E-state index contributed by atoms with van der Waals surface area (Å²) < 4.78 is 6.25. The normalized spacial score (nSPS) is 21.1. The van der Waals surface area contributed by atoms with Gasteiger partial charge >= 0.3 is 0 Å². The summed E-state index contributed by atoms with van der Waals surface area (Å²) >= 11 is 0. The molecule has 0 spiro atoms. The molecule has 1 aromatic rings. The van der Waals surface area contributed by atoms with Crippen LogP contribution in [0.5, 0.6) is 5.75 Å². The van der Waals surface area contributed by atoms with Gasteiger partial charge in [0.05, 0.1) is 6.54 Å². The zero-order chi connectivity index (χ0) is 19.3. The summed E-state index contributed by atoms with van der Waals surface area (Å²) in [5.74, 6) is 1.01. The topological polar surface area (TPSA) is 44.8 Å². The lowest BCUT2D eigenvalue weighted by Gasteiger charge is -2.41. The van der Waals surface area contributed by atoms with E-state index in [1.807, 2.05) is 19.1 Å². The van der Waals surface area contributed by atoms with Gasteiger partial charge in [0, 0.05) is 24.8 Å². The van der Waals surface area contributed by atoms with E-state index in [-0.39, 0.29) is 30.7 Å². The summed E-state index contributed by atoms with van der Waals surface area (Å²) in [5, 5.41) is 3.08. The number of nitrogens with zero attached hydrogens (tertiary/aromatic N) is 2. The van der Waals surface area contributed by atoms with Gasteiger partial charge in [-0.05, 0) is 82.3 Å². The molecule has 1 saturated carbocycles. The molecular weight excluding hydrogens is 421 g/mol. The number of ether oxygens (including phenoxy) is 1. The van der Waals surface area contributed by atoms with Crippen molar-refractivity contribution in [3.63, 3.8) is 0 Å². The number of carbonyl (C=O) groups excluding carboxylic acids is 1. The molecule has 170 valence electrons. The van der Waals surface area contributed by atoms with Crippen molar-refractivity contribution in [2.75, 3.05) is 38.0 Å². The molecule has 0 aromatic heterocycles. The van der Waals surface area contributed by atoms with Crippen LogP contribution < -0.4 is 10.1 Å². The summed E-state index contributed by atoms with van der Waals surface area (Å²) in [4.78, 5) is 17.3. The zero-order valence-electron chi connectivity index (χ0n) is 18.1. The summed E-state index contributed by atoms with van der Waals surface area (Å²) in [7, 11) is 0. The number of aryl methyl sites for hydroxylation is 1. The van der Waals surface area contributed by atoms with Crippen molar-refractivity contribution >= 4 is 36.4 Å². The van der Waals surface area contributed by atoms with Crippen LogP contribution in [0.1, 0.15) is 56.9 Å². The number of piperidine rings is 2. The van der Waals surface area contributed by atoms with Gasteiger partial charge in [-0.3, -0.25) is 9.69 Å². The Balaban J connectivity index is 0.00000160. The van der Waals surface area contributed by atoms with Gasteiger partial charge in [-0.1, -0.05) is 12.8 Å². The van der Waals surface area contributed by atoms with Gasteiger partial charge in [-0.15, -0.1) is 24.8 Å². The molecule has 7 heteroatoms. The third-order valence-electron chi connectivity index (χ3n) is 6.66. The van der Waals surface area contributed by atoms with Gasteiger partial charge in [-0.25, -0.2) is 0 Å². The molecule has 1 amide bonds. The molecule has 2 heterocycles. The molecule has 2 saturated heterocycles. The van der Waals surface area contributed by atoms with Crippen molar-refractivity contribution in [3.8, 4) is 5.75 Å². The van der Waals surface area contributed by atoms with E-state index in [0.29, 0.717) is 12.6 Å². The van der Waals surface area contributed by atoms with Crippen LogP contribution in [0.25, 0.3) is 0 Å². The van der Waals surface area contributed by atoms with E-state index in [2.05, 4.69) is 21.2 Å². The summed E-state index contributed by atoms with van der Waals surface area (Å²) in [6, 6.07) is 6.90. The predicted octanol–water partition coefficient (Wildman–Crippen LogP) is 4.66. The van der Waals surface area contributed by atoms with Crippen LogP contribution in [0.3, 0.4) is 0 Å². The number of anilines is 1. The fourth-order valence-corrected chi connectivity index (χ4v) is 4.66. The molecule has 1 aromatic carbocycles. The van der Waals surface area contributed by atoms with Gasteiger partial charge in [0.1, 0.15) is 11.9 Å². The minimum Gasteiger partial charge on any atom is -0.490 e. The Morgan fingerprint density at radius 2 is 1.70 bits per heavy atom. The second-order valence-corrected chi connectivity index (χ2v) is 8.80. The summed E-state index contributed by atoms with van der Waals surface area (Å²) in [5.41, 5.74) is 1.96. The van der Waals surface area contributed by atoms with Crippen LogP contribution in [-0.2, 0) is 4.79 Å². The van der Waals surface area contributed by atoms with Crippen molar-refractivity contribution in [1.29, 1.82) is 0 Å². The van der Waals surface area contributed by atoms with Gasteiger partial charge < -0.3 is 15.0 Å². The lowest BCUT2D eigenvalue weighted by atomic mass is 9.90. The highest BCUT2D eigenvalue weighted by atomic mass is 35.5. The van der Waals surface area contributed by atoms with Crippen LogP contribution >= 0.6 is 24.8 Å². The van der Waals surface area contributed by atoms with Gasteiger partial charge in [0.25, 0.3) is 0 Å². The highest BCUT2D eigenvalue weighted by Crippen LogP contribution is 2.29. The standard InChI is InChI=1S/C23H35N3O2.2ClH/c1-18-16-21(28-20-10-14-26(15-11-20)19-6-5-7-19)8-9-22(18)24-23(27)17-25-12-3-2-4-13-25;;/h8-9,16,19-20H,2-7,10-15,17H2,1H3,(H,24,27);2*1H. The largest absolute Gasteiger partial charge is 0.490 e. The predicted molar refractivity (Wildman–Crippen MR) is 127 cm³/mol. The molecule has 5 nitrogen and oxygen atoms in total. The Labute approximate surface area is 193 Å².